The van der Waals surface area contributed by atoms with Crippen molar-refractivity contribution in [2.75, 3.05) is 77.9 Å². The maximum atomic E-state index is 13.7. The van der Waals surface area contributed by atoms with E-state index in [1.807, 2.05) is 35.8 Å². The zero-order valence-electron chi connectivity index (χ0n) is 25.8. The minimum Gasteiger partial charge on any atom is -0.384 e. The number of unbranched alkanes of at least 4 members (excludes halogenated alkanes) is 3. The van der Waals surface area contributed by atoms with Crippen LogP contribution in [0, 0.1) is 0 Å². The minimum absolute atomic E-state index is 0.00964. The highest BCUT2D eigenvalue weighted by molar-refractivity contribution is 7.86. The molecule has 2 aromatic heterocycles. The Morgan fingerprint density at radius 1 is 0.864 bits per heavy atom. The molecule has 0 unspecified atom stereocenters. The molecule has 0 bridgehead atoms. The van der Waals surface area contributed by atoms with Crippen LogP contribution in [0.15, 0.2) is 30.6 Å². The molecule has 1 N–H and O–H groups in total. The van der Waals surface area contributed by atoms with Crippen LogP contribution in [0.1, 0.15) is 41.6 Å². The molecule has 0 aliphatic heterocycles. The maximum absolute atomic E-state index is 13.7. The van der Waals surface area contributed by atoms with Crippen LogP contribution in [0.3, 0.4) is 0 Å². The number of ketones is 1. The van der Waals surface area contributed by atoms with Crippen LogP contribution in [-0.4, -0.2) is 120 Å². The summed E-state index contributed by atoms with van der Waals surface area (Å²) in [6.07, 6.45) is 8.93. The molecule has 1 aliphatic carbocycles. The molecule has 0 amide bonds. The van der Waals surface area contributed by atoms with Crippen LogP contribution in [-0.2, 0) is 35.1 Å². The summed E-state index contributed by atoms with van der Waals surface area (Å²) in [5.74, 6) is -0.0324. The summed E-state index contributed by atoms with van der Waals surface area (Å²) in [7, 11) is -3.07. The van der Waals surface area contributed by atoms with Crippen LogP contribution in [0.5, 0.6) is 0 Å². The van der Waals surface area contributed by atoms with Crippen molar-refractivity contribution in [3.63, 3.8) is 0 Å². The van der Waals surface area contributed by atoms with Crippen molar-refractivity contribution in [1.82, 2.24) is 24.6 Å². The third-order valence-electron chi connectivity index (χ3n) is 7.35. The normalized spacial score (nSPS) is 13.3. The van der Waals surface area contributed by atoms with Crippen molar-refractivity contribution in [3.8, 4) is 11.3 Å². The fraction of sp³-hybridized carbons (Fsp3) is 0.552. The number of rotatable bonds is 19. The van der Waals surface area contributed by atoms with E-state index in [1.54, 1.807) is 18.5 Å². The van der Waals surface area contributed by atoms with Crippen LogP contribution < -0.4 is 5.32 Å². The van der Waals surface area contributed by atoms with E-state index in [1.165, 1.54) is 0 Å². The number of fused-ring (bicyclic) bond motifs is 2. The molecule has 2 heterocycles. The predicted molar refractivity (Wildman–Crippen MR) is 170 cm³/mol. The van der Waals surface area contributed by atoms with Gasteiger partial charge in [0, 0.05) is 60.8 Å². The third-order valence-corrected chi connectivity index (χ3v) is 8.54. The number of likely N-dealkylation sites (N-methyl/N-ethyl adjacent to an activating group) is 1. The van der Waals surface area contributed by atoms with Gasteiger partial charge in [0.05, 0.1) is 43.4 Å². The number of hydrogen-bond donors (Lipinski definition) is 1. The Labute approximate surface area is 259 Å². The van der Waals surface area contributed by atoms with E-state index >= 15 is 0 Å². The summed E-state index contributed by atoms with van der Waals surface area (Å²) in [4.78, 5) is 22.0. The van der Waals surface area contributed by atoms with E-state index in [9.17, 15) is 21.6 Å². The lowest BCUT2D eigenvalue weighted by atomic mass is 9.87. The molecule has 242 valence electrons. The van der Waals surface area contributed by atoms with E-state index < -0.39 is 20.2 Å². The lowest BCUT2D eigenvalue weighted by Crippen LogP contribution is -2.33. The predicted octanol–water partition coefficient (Wildman–Crippen LogP) is 2.43. The summed E-state index contributed by atoms with van der Waals surface area (Å²) >= 11 is 0. The Morgan fingerprint density at radius 2 is 1.55 bits per heavy atom. The summed E-state index contributed by atoms with van der Waals surface area (Å²) in [6, 6.07) is 5.75. The molecule has 0 fully saturated rings. The fourth-order valence-electron chi connectivity index (χ4n) is 5.23. The van der Waals surface area contributed by atoms with Crippen molar-refractivity contribution in [2.45, 2.75) is 32.2 Å². The van der Waals surface area contributed by atoms with Crippen LogP contribution in [0.25, 0.3) is 22.2 Å². The van der Waals surface area contributed by atoms with Gasteiger partial charge in [-0.3, -0.25) is 27.7 Å². The molecule has 0 saturated heterocycles. The summed E-state index contributed by atoms with van der Waals surface area (Å²) < 4.78 is 56.8. The molecule has 4 rings (SSSR count). The average Bonchev–Trinajstić information content (AvgIpc) is 3.32. The zero-order chi connectivity index (χ0) is 31.9. The molecule has 0 atom stereocenters. The van der Waals surface area contributed by atoms with E-state index in [0.717, 1.165) is 72.6 Å². The van der Waals surface area contributed by atoms with Gasteiger partial charge in [-0.15, -0.1) is 0 Å². The number of carbonyl (C=O) groups excluding carboxylic acids is 1. The number of nitrogens with one attached hydrogen (secondary N) is 1. The second-order valence-electron chi connectivity index (χ2n) is 11.2. The second kappa shape index (κ2) is 14.9. The highest BCUT2D eigenvalue weighted by Crippen LogP contribution is 2.41. The van der Waals surface area contributed by atoms with E-state index in [4.69, 9.17) is 13.5 Å². The standard InChI is InChI=1S/C29H42N6O7S2/c1-33(2)15-16-35-25-10-9-24(26-27(25)28(32-35)23-21-30-13-11-22(23)29(26)36)31-12-7-5-6-8-14-34(17-19-41-43(3,37)38)18-20-42-44(4,39)40/h9-11,13,21,31H,5-8,12,14-20H2,1-4H3. The minimum atomic E-state index is -3.55. The Kier molecular flexibility index (Phi) is 11.5. The Balaban J connectivity index is 1.34. The van der Waals surface area contributed by atoms with Gasteiger partial charge in [0.15, 0.2) is 5.78 Å². The van der Waals surface area contributed by atoms with Crippen molar-refractivity contribution in [3.05, 3.63) is 41.7 Å². The number of benzene rings is 1. The molecule has 15 heteroatoms. The van der Waals surface area contributed by atoms with Crippen molar-refractivity contribution >= 4 is 42.6 Å². The molecule has 1 aliphatic rings. The fourth-order valence-corrected chi connectivity index (χ4v) is 5.99. The molecule has 1 aromatic carbocycles. The number of nitrogens with zero attached hydrogens (tertiary/aromatic N) is 5. The maximum Gasteiger partial charge on any atom is 0.264 e. The lowest BCUT2D eigenvalue weighted by molar-refractivity contribution is 0.104. The van der Waals surface area contributed by atoms with E-state index in [2.05, 4.69) is 15.2 Å². The average molecular weight is 651 g/mol. The Morgan fingerprint density at radius 3 is 2.20 bits per heavy atom. The van der Waals surface area contributed by atoms with Gasteiger partial charge in [0.25, 0.3) is 20.2 Å². The summed E-state index contributed by atoms with van der Waals surface area (Å²) in [6.45, 7) is 3.52. The summed E-state index contributed by atoms with van der Waals surface area (Å²) in [5.41, 5.74) is 4.52. The molecule has 3 aromatic rings. The van der Waals surface area contributed by atoms with E-state index in [-0.39, 0.29) is 19.0 Å². The number of pyridine rings is 1. The molecule has 44 heavy (non-hydrogen) atoms. The number of hydrogen-bond acceptors (Lipinski definition) is 12. The van der Waals surface area contributed by atoms with Crippen LogP contribution >= 0.6 is 0 Å². The topological polar surface area (TPSA) is 153 Å². The van der Waals surface area contributed by atoms with Gasteiger partial charge in [0.1, 0.15) is 5.69 Å². The van der Waals surface area contributed by atoms with Gasteiger partial charge in [-0.1, -0.05) is 12.8 Å². The first kappa shape index (κ1) is 33.9. The molecule has 0 saturated carbocycles. The van der Waals surface area contributed by atoms with Crippen molar-refractivity contribution in [1.29, 1.82) is 0 Å². The summed E-state index contributed by atoms with van der Waals surface area (Å²) in [5, 5.41) is 9.25. The van der Waals surface area contributed by atoms with Crippen LogP contribution in [0.2, 0.25) is 0 Å². The largest absolute Gasteiger partial charge is 0.384 e. The van der Waals surface area contributed by atoms with Gasteiger partial charge in [-0.25, -0.2) is 0 Å². The van der Waals surface area contributed by atoms with Gasteiger partial charge in [0.2, 0.25) is 0 Å². The molecule has 0 radical (unpaired) electrons. The monoisotopic (exact) mass is 650 g/mol. The highest BCUT2D eigenvalue weighted by atomic mass is 32.2. The molecule has 13 nitrogen and oxygen atoms in total. The molecular weight excluding hydrogens is 608 g/mol. The molecule has 0 spiro atoms. The zero-order valence-corrected chi connectivity index (χ0v) is 27.4. The van der Waals surface area contributed by atoms with Gasteiger partial charge < -0.3 is 10.2 Å². The van der Waals surface area contributed by atoms with Gasteiger partial charge in [-0.2, -0.15) is 21.9 Å². The Bertz CT molecular complexity index is 1630. The SMILES string of the molecule is CN(C)CCn1nc2c3c(c(NCCCCCCN(CCOS(C)(=O)=O)CCOS(C)(=O)=O)ccc31)C(=O)c1ccncc1-2. The molecular formula is C29H42N6O7S2. The third kappa shape index (κ3) is 9.28. The van der Waals surface area contributed by atoms with Crippen LogP contribution in [0.4, 0.5) is 5.69 Å². The van der Waals surface area contributed by atoms with Gasteiger partial charge in [-0.05, 0) is 51.7 Å². The van der Waals surface area contributed by atoms with Crippen molar-refractivity contribution in [2.24, 2.45) is 0 Å². The number of aromatic nitrogens is 3. The Hall–Kier alpha value is -2.95. The lowest BCUT2D eigenvalue weighted by Gasteiger charge is -2.21. The smallest absolute Gasteiger partial charge is 0.264 e. The first-order chi connectivity index (χ1) is 20.8. The first-order valence-electron chi connectivity index (χ1n) is 14.7. The van der Waals surface area contributed by atoms with Crippen molar-refractivity contribution < 1.29 is 30.0 Å². The second-order valence-corrected chi connectivity index (χ2v) is 14.5. The highest BCUT2D eigenvalue weighted by Gasteiger charge is 2.31. The number of carbonyl (C=O) groups is 1. The van der Waals surface area contributed by atoms with Gasteiger partial charge >= 0.3 is 0 Å². The van der Waals surface area contributed by atoms with E-state index in [0.29, 0.717) is 43.9 Å². The first-order valence-corrected chi connectivity index (χ1v) is 18.3. The quantitative estimate of drug-likeness (QED) is 0.117. The number of anilines is 1.